The van der Waals surface area contributed by atoms with Crippen LogP contribution in [0, 0.1) is 5.82 Å². The molecule has 2 aromatic carbocycles. The van der Waals surface area contributed by atoms with Gasteiger partial charge in [0.15, 0.2) is 0 Å². The van der Waals surface area contributed by atoms with Crippen LogP contribution in [0.15, 0.2) is 36.4 Å². The van der Waals surface area contributed by atoms with Gasteiger partial charge in [-0.3, -0.25) is 0 Å². The van der Waals surface area contributed by atoms with E-state index in [1.807, 2.05) is 12.1 Å². The minimum absolute atomic E-state index is 0.188. The van der Waals surface area contributed by atoms with Crippen molar-refractivity contribution in [3.63, 3.8) is 0 Å². The Hall–Kier alpha value is -1.09. The Morgan fingerprint density at radius 3 is 2.60 bits per heavy atom. The summed E-state index contributed by atoms with van der Waals surface area (Å²) in [6, 6.07) is 11.0. The Morgan fingerprint density at radius 1 is 1.10 bits per heavy atom. The molecule has 0 amide bonds. The highest BCUT2D eigenvalue weighted by Gasteiger charge is 2.20. The van der Waals surface area contributed by atoms with Gasteiger partial charge in [0.25, 0.3) is 0 Å². The number of hydrogen-bond donors (Lipinski definition) is 1. The molecule has 20 heavy (non-hydrogen) atoms. The number of halogens is 3. The molecule has 0 aromatic heterocycles. The van der Waals surface area contributed by atoms with Crippen LogP contribution in [0.3, 0.4) is 0 Å². The summed E-state index contributed by atoms with van der Waals surface area (Å²) in [5.74, 6) is -0.188. The third-order valence-corrected chi connectivity index (χ3v) is 3.99. The van der Waals surface area contributed by atoms with Crippen molar-refractivity contribution < 1.29 is 4.39 Å². The fraction of sp³-hybridized carbons (Fsp3) is 0.250. The van der Waals surface area contributed by atoms with Gasteiger partial charge in [-0.2, -0.15) is 0 Å². The lowest BCUT2D eigenvalue weighted by molar-refractivity contribution is 0.587. The summed E-state index contributed by atoms with van der Waals surface area (Å²) in [6.07, 6.45) is 2.37. The van der Waals surface area contributed by atoms with Gasteiger partial charge in [-0.15, -0.1) is 0 Å². The Balaban J connectivity index is 1.90. The molecule has 3 rings (SSSR count). The van der Waals surface area contributed by atoms with E-state index >= 15 is 0 Å². The lowest BCUT2D eigenvalue weighted by Crippen LogP contribution is -2.16. The monoisotopic (exact) mass is 309 g/mol. The van der Waals surface area contributed by atoms with E-state index in [0.717, 1.165) is 11.1 Å². The molecule has 0 unspecified atom stereocenters. The van der Waals surface area contributed by atoms with E-state index in [1.54, 1.807) is 18.2 Å². The molecular weight excluding hydrogens is 296 g/mol. The largest absolute Gasteiger partial charge is 0.310 e. The highest BCUT2D eigenvalue weighted by molar-refractivity contribution is 6.36. The lowest BCUT2D eigenvalue weighted by atomic mass is 10.0. The molecule has 1 aliphatic rings. The van der Waals surface area contributed by atoms with Crippen LogP contribution in [0.1, 0.15) is 18.4 Å². The first kappa shape index (κ1) is 13.9. The standard InChI is InChI=1S/C16H14Cl2FN/c17-12-2-5-14(15(18)8-12)10-1-6-16(19)11(7-10)9-20-13-3-4-13/h1-2,5-8,13,20H,3-4,9H2. The highest BCUT2D eigenvalue weighted by Crippen LogP contribution is 2.31. The smallest absolute Gasteiger partial charge is 0.127 e. The molecule has 1 N–H and O–H groups in total. The molecule has 1 fully saturated rings. The predicted octanol–water partition coefficient (Wildman–Crippen LogP) is 5.05. The van der Waals surface area contributed by atoms with Gasteiger partial charge in [0.05, 0.1) is 0 Å². The second-order valence-corrected chi connectivity index (χ2v) is 5.93. The third kappa shape index (κ3) is 3.14. The van der Waals surface area contributed by atoms with Crippen LogP contribution in [-0.2, 0) is 6.54 Å². The van der Waals surface area contributed by atoms with Crippen molar-refractivity contribution in [1.82, 2.24) is 5.32 Å². The number of hydrogen-bond acceptors (Lipinski definition) is 1. The van der Waals surface area contributed by atoms with E-state index in [-0.39, 0.29) is 5.82 Å². The fourth-order valence-corrected chi connectivity index (χ4v) is 2.66. The van der Waals surface area contributed by atoms with E-state index in [9.17, 15) is 4.39 Å². The fourth-order valence-electron chi connectivity index (χ4n) is 2.14. The Labute approximate surface area is 127 Å². The molecule has 1 nitrogen and oxygen atoms in total. The van der Waals surface area contributed by atoms with Gasteiger partial charge in [-0.1, -0.05) is 35.3 Å². The van der Waals surface area contributed by atoms with E-state index in [4.69, 9.17) is 23.2 Å². The van der Waals surface area contributed by atoms with Crippen LogP contribution in [0.2, 0.25) is 10.0 Å². The maximum absolute atomic E-state index is 13.8. The Kier molecular flexibility index (Phi) is 3.97. The molecule has 1 saturated carbocycles. The van der Waals surface area contributed by atoms with Crippen LogP contribution in [0.5, 0.6) is 0 Å². The van der Waals surface area contributed by atoms with Gasteiger partial charge in [-0.05, 0) is 42.7 Å². The summed E-state index contributed by atoms with van der Waals surface area (Å²) in [5, 5.41) is 4.49. The summed E-state index contributed by atoms with van der Waals surface area (Å²) in [4.78, 5) is 0. The molecule has 0 spiro atoms. The van der Waals surface area contributed by atoms with Crippen molar-refractivity contribution >= 4 is 23.2 Å². The molecule has 4 heteroatoms. The van der Waals surface area contributed by atoms with Crippen LogP contribution in [0.25, 0.3) is 11.1 Å². The number of rotatable bonds is 4. The first-order valence-corrected chi connectivity index (χ1v) is 7.36. The van der Waals surface area contributed by atoms with E-state index in [0.29, 0.717) is 28.2 Å². The second kappa shape index (κ2) is 5.72. The molecule has 0 heterocycles. The minimum atomic E-state index is -0.188. The minimum Gasteiger partial charge on any atom is -0.310 e. The van der Waals surface area contributed by atoms with Gasteiger partial charge in [0.2, 0.25) is 0 Å². The van der Waals surface area contributed by atoms with Crippen LogP contribution < -0.4 is 5.32 Å². The van der Waals surface area contributed by atoms with Gasteiger partial charge in [-0.25, -0.2) is 4.39 Å². The summed E-state index contributed by atoms with van der Waals surface area (Å²) >= 11 is 12.1. The van der Waals surface area contributed by atoms with Crippen molar-refractivity contribution in [3.8, 4) is 11.1 Å². The molecule has 0 aliphatic heterocycles. The number of benzene rings is 2. The average molecular weight is 310 g/mol. The third-order valence-electron chi connectivity index (χ3n) is 3.45. The number of nitrogens with one attached hydrogen (secondary N) is 1. The maximum atomic E-state index is 13.8. The molecule has 104 valence electrons. The summed E-state index contributed by atoms with van der Waals surface area (Å²) in [5.41, 5.74) is 2.44. The first-order chi connectivity index (χ1) is 9.63. The maximum Gasteiger partial charge on any atom is 0.127 e. The zero-order valence-corrected chi connectivity index (χ0v) is 12.3. The topological polar surface area (TPSA) is 12.0 Å². The van der Waals surface area contributed by atoms with Crippen LogP contribution in [-0.4, -0.2) is 6.04 Å². The molecular formula is C16H14Cl2FN. The molecule has 0 radical (unpaired) electrons. The zero-order valence-electron chi connectivity index (χ0n) is 10.8. The Morgan fingerprint density at radius 2 is 1.90 bits per heavy atom. The quantitative estimate of drug-likeness (QED) is 0.833. The van der Waals surface area contributed by atoms with E-state index in [1.165, 1.54) is 18.9 Å². The van der Waals surface area contributed by atoms with Crippen molar-refractivity contribution in [2.24, 2.45) is 0 Å². The molecule has 0 saturated heterocycles. The predicted molar refractivity (Wildman–Crippen MR) is 81.7 cm³/mol. The molecule has 0 bridgehead atoms. The van der Waals surface area contributed by atoms with Gasteiger partial charge < -0.3 is 5.32 Å². The summed E-state index contributed by atoms with van der Waals surface area (Å²) in [7, 11) is 0. The second-order valence-electron chi connectivity index (χ2n) is 5.09. The van der Waals surface area contributed by atoms with Crippen LogP contribution in [0.4, 0.5) is 4.39 Å². The molecule has 2 aromatic rings. The van der Waals surface area contributed by atoms with Crippen molar-refractivity contribution in [2.75, 3.05) is 0 Å². The SMILES string of the molecule is Fc1ccc(-c2ccc(Cl)cc2Cl)cc1CNC1CC1. The van der Waals surface area contributed by atoms with Gasteiger partial charge >= 0.3 is 0 Å². The highest BCUT2D eigenvalue weighted by atomic mass is 35.5. The lowest BCUT2D eigenvalue weighted by Gasteiger charge is -2.09. The van der Waals surface area contributed by atoms with Crippen molar-refractivity contribution in [1.29, 1.82) is 0 Å². The Bertz CT molecular complexity index is 638. The van der Waals surface area contributed by atoms with E-state index in [2.05, 4.69) is 5.32 Å². The van der Waals surface area contributed by atoms with Crippen molar-refractivity contribution in [3.05, 3.63) is 57.8 Å². The average Bonchev–Trinajstić information content (AvgIpc) is 3.22. The molecule has 1 aliphatic carbocycles. The van der Waals surface area contributed by atoms with E-state index < -0.39 is 0 Å². The van der Waals surface area contributed by atoms with Gasteiger partial charge in [0.1, 0.15) is 5.82 Å². The van der Waals surface area contributed by atoms with Gasteiger partial charge in [0, 0.05) is 33.8 Å². The zero-order chi connectivity index (χ0) is 14.1. The van der Waals surface area contributed by atoms with Crippen molar-refractivity contribution in [2.45, 2.75) is 25.4 Å². The first-order valence-electron chi connectivity index (χ1n) is 6.61. The summed E-state index contributed by atoms with van der Waals surface area (Å²) in [6.45, 7) is 0.551. The van der Waals surface area contributed by atoms with Crippen LogP contribution >= 0.6 is 23.2 Å². The summed E-state index contributed by atoms with van der Waals surface area (Å²) < 4.78 is 13.8. The normalized spacial score (nSPS) is 14.6. The molecule has 0 atom stereocenters.